The number of amides is 1. The van der Waals surface area contributed by atoms with Crippen LogP contribution in [-0.2, 0) is 14.3 Å². The van der Waals surface area contributed by atoms with Crippen LogP contribution in [0.4, 0.5) is 4.79 Å². The second kappa shape index (κ2) is 4.08. The summed E-state index contributed by atoms with van der Waals surface area (Å²) in [5.74, 6) is -0.0648. The number of carbonyl (C=O) groups is 2. The minimum atomic E-state index is -0.757. The molecule has 0 atom stereocenters. The highest BCUT2D eigenvalue weighted by molar-refractivity contribution is 5.83. The van der Waals surface area contributed by atoms with Crippen LogP contribution in [0.2, 0.25) is 0 Å². The molecule has 1 amide bonds. The van der Waals surface area contributed by atoms with Crippen molar-refractivity contribution in [3.8, 4) is 0 Å². The molecule has 5 nitrogen and oxygen atoms in total. The van der Waals surface area contributed by atoms with Gasteiger partial charge in [0.05, 0.1) is 0 Å². The van der Waals surface area contributed by atoms with Crippen molar-refractivity contribution >= 4 is 12.1 Å². The summed E-state index contributed by atoms with van der Waals surface area (Å²) in [4.78, 5) is 24.4. The molecule has 86 valence electrons. The fraction of sp³-hybridized carbons (Fsp3) is 0.800. The van der Waals surface area contributed by atoms with Crippen LogP contribution in [0.1, 0.15) is 20.8 Å². The van der Waals surface area contributed by atoms with Gasteiger partial charge < -0.3 is 14.4 Å². The van der Waals surface area contributed by atoms with Crippen LogP contribution in [0.25, 0.3) is 0 Å². The standard InChI is InChI=1S/C10H17NO4/c1-7(2)11(4)8(12)10(3)5-14-9(13)15-6-10/h7H,5-6H2,1-4H3. The van der Waals surface area contributed by atoms with Crippen molar-refractivity contribution in [2.24, 2.45) is 5.41 Å². The fourth-order valence-electron chi connectivity index (χ4n) is 1.30. The lowest BCUT2D eigenvalue weighted by Crippen LogP contribution is -2.51. The Hall–Kier alpha value is -1.26. The number of cyclic esters (lactones) is 2. The smallest absolute Gasteiger partial charge is 0.433 e. The summed E-state index contributed by atoms with van der Waals surface area (Å²) >= 11 is 0. The first-order valence-corrected chi connectivity index (χ1v) is 4.93. The van der Waals surface area contributed by atoms with Crippen molar-refractivity contribution in [3.63, 3.8) is 0 Å². The minimum Gasteiger partial charge on any atom is -0.433 e. The molecule has 0 bridgehead atoms. The molecule has 0 aromatic heterocycles. The van der Waals surface area contributed by atoms with Crippen molar-refractivity contribution in [2.45, 2.75) is 26.8 Å². The molecule has 0 aliphatic carbocycles. The molecule has 1 fully saturated rings. The summed E-state index contributed by atoms with van der Waals surface area (Å²) in [7, 11) is 1.73. The Morgan fingerprint density at radius 3 is 2.27 bits per heavy atom. The second-order valence-electron chi connectivity index (χ2n) is 4.40. The van der Waals surface area contributed by atoms with Gasteiger partial charge in [-0.15, -0.1) is 0 Å². The molecule has 0 aromatic rings. The molecule has 0 unspecified atom stereocenters. The van der Waals surface area contributed by atoms with Crippen molar-refractivity contribution < 1.29 is 19.1 Å². The van der Waals surface area contributed by atoms with E-state index < -0.39 is 11.6 Å². The summed E-state index contributed by atoms with van der Waals surface area (Å²) in [5, 5.41) is 0. The van der Waals surface area contributed by atoms with Crippen molar-refractivity contribution in [3.05, 3.63) is 0 Å². The van der Waals surface area contributed by atoms with Gasteiger partial charge >= 0.3 is 6.16 Å². The van der Waals surface area contributed by atoms with Gasteiger partial charge in [0, 0.05) is 13.1 Å². The zero-order valence-corrected chi connectivity index (χ0v) is 9.57. The molecule has 1 heterocycles. The summed E-state index contributed by atoms with van der Waals surface area (Å²) in [5.41, 5.74) is -0.757. The summed E-state index contributed by atoms with van der Waals surface area (Å²) in [6.07, 6.45) is -0.701. The molecule has 1 aliphatic rings. The normalized spacial score (nSPS) is 19.4. The van der Waals surface area contributed by atoms with Crippen molar-refractivity contribution in [1.29, 1.82) is 0 Å². The van der Waals surface area contributed by atoms with Crippen LogP contribution in [0, 0.1) is 5.41 Å². The average Bonchev–Trinajstić information content (AvgIpc) is 2.20. The molecule has 0 N–H and O–H groups in total. The Morgan fingerprint density at radius 1 is 1.40 bits per heavy atom. The van der Waals surface area contributed by atoms with Crippen LogP contribution in [0.5, 0.6) is 0 Å². The predicted molar refractivity (Wildman–Crippen MR) is 53.3 cm³/mol. The molecular formula is C10H17NO4. The van der Waals surface area contributed by atoms with Gasteiger partial charge in [-0.3, -0.25) is 4.79 Å². The van der Waals surface area contributed by atoms with Gasteiger partial charge in [-0.1, -0.05) is 0 Å². The Bertz CT molecular complexity index is 265. The van der Waals surface area contributed by atoms with E-state index in [0.717, 1.165) is 0 Å². The maximum atomic E-state index is 12.0. The van der Waals surface area contributed by atoms with E-state index in [1.54, 1.807) is 18.9 Å². The van der Waals surface area contributed by atoms with E-state index in [9.17, 15) is 9.59 Å². The van der Waals surface area contributed by atoms with E-state index in [2.05, 4.69) is 0 Å². The molecule has 0 aromatic carbocycles. The molecule has 1 saturated heterocycles. The van der Waals surface area contributed by atoms with Gasteiger partial charge in [0.2, 0.25) is 5.91 Å². The molecule has 15 heavy (non-hydrogen) atoms. The molecule has 0 spiro atoms. The number of ether oxygens (including phenoxy) is 2. The summed E-state index contributed by atoms with van der Waals surface area (Å²) in [6, 6.07) is 0.118. The van der Waals surface area contributed by atoms with Gasteiger partial charge in [0.25, 0.3) is 0 Å². The van der Waals surface area contributed by atoms with Crippen LogP contribution >= 0.6 is 0 Å². The molecule has 0 radical (unpaired) electrons. The summed E-state index contributed by atoms with van der Waals surface area (Å²) in [6.45, 7) is 5.76. The largest absolute Gasteiger partial charge is 0.508 e. The van der Waals surface area contributed by atoms with Crippen LogP contribution in [0.3, 0.4) is 0 Å². The lowest BCUT2D eigenvalue weighted by atomic mass is 9.90. The number of nitrogens with zero attached hydrogens (tertiary/aromatic N) is 1. The summed E-state index contributed by atoms with van der Waals surface area (Å²) < 4.78 is 9.47. The van der Waals surface area contributed by atoms with Crippen molar-refractivity contribution in [2.75, 3.05) is 20.3 Å². The SMILES string of the molecule is CC(C)N(C)C(=O)C1(C)COC(=O)OC1. The first-order chi connectivity index (χ1) is 6.87. The Morgan fingerprint density at radius 2 is 1.87 bits per heavy atom. The van der Waals surface area contributed by atoms with E-state index in [1.807, 2.05) is 13.8 Å². The third-order valence-corrected chi connectivity index (χ3v) is 2.63. The van der Waals surface area contributed by atoms with Gasteiger partial charge in [0.1, 0.15) is 18.6 Å². The van der Waals surface area contributed by atoms with Gasteiger partial charge in [-0.25, -0.2) is 4.79 Å². The fourth-order valence-corrected chi connectivity index (χ4v) is 1.30. The first kappa shape index (κ1) is 11.8. The topological polar surface area (TPSA) is 55.8 Å². The van der Waals surface area contributed by atoms with E-state index in [4.69, 9.17) is 9.47 Å². The monoisotopic (exact) mass is 215 g/mol. The van der Waals surface area contributed by atoms with Gasteiger partial charge in [-0.05, 0) is 20.8 Å². The van der Waals surface area contributed by atoms with Gasteiger partial charge in [-0.2, -0.15) is 0 Å². The number of hydrogen-bond acceptors (Lipinski definition) is 4. The van der Waals surface area contributed by atoms with E-state index >= 15 is 0 Å². The second-order valence-corrected chi connectivity index (χ2v) is 4.40. The minimum absolute atomic E-state index is 0.0648. The lowest BCUT2D eigenvalue weighted by Gasteiger charge is -2.35. The van der Waals surface area contributed by atoms with E-state index in [-0.39, 0.29) is 25.2 Å². The quantitative estimate of drug-likeness (QED) is 0.645. The van der Waals surface area contributed by atoms with E-state index in [1.165, 1.54) is 0 Å². The Kier molecular flexibility index (Phi) is 3.21. The van der Waals surface area contributed by atoms with Crippen LogP contribution in [0.15, 0.2) is 0 Å². The number of carbonyl (C=O) groups excluding carboxylic acids is 2. The third-order valence-electron chi connectivity index (χ3n) is 2.63. The molecule has 5 heteroatoms. The van der Waals surface area contributed by atoms with Crippen LogP contribution < -0.4 is 0 Å². The van der Waals surface area contributed by atoms with Gasteiger partial charge in [0.15, 0.2) is 0 Å². The number of rotatable bonds is 2. The predicted octanol–water partition coefficient (Wildman–Crippen LogP) is 1.03. The van der Waals surface area contributed by atoms with E-state index in [0.29, 0.717) is 0 Å². The van der Waals surface area contributed by atoms with Crippen LogP contribution in [-0.4, -0.2) is 43.3 Å². The highest BCUT2D eigenvalue weighted by atomic mass is 16.7. The zero-order chi connectivity index (χ0) is 11.6. The van der Waals surface area contributed by atoms with Crippen molar-refractivity contribution in [1.82, 2.24) is 4.90 Å². The molecule has 1 rings (SSSR count). The molecular weight excluding hydrogens is 198 g/mol. The highest BCUT2D eigenvalue weighted by Crippen LogP contribution is 2.25. The zero-order valence-electron chi connectivity index (χ0n) is 9.57. The Balaban J connectivity index is 2.69. The maximum Gasteiger partial charge on any atom is 0.508 e. The third kappa shape index (κ3) is 2.40. The molecule has 1 aliphatic heterocycles. The lowest BCUT2D eigenvalue weighted by molar-refractivity contribution is -0.152. The highest BCUT2D eigenvalue weighted by Gasteiger charge is 2.42. The maximum absolute atomic E-state index is 12.0. The molecule has 0 saturated carbocycles. The first-order valence-electron chi connectivity index (χ1n) is 4.93. The number of hydrogen-bond donors (Lipinski definition) is 0. The Labute approximate surface area is 89.3 Å². The average molecular weight is 215 g/mol.